The first kappa shape index (κ1) is 13.8. The molecule has 3 heteroatoms. The first-order chi connectivity index (χ1) is 8.99. The van der Waals surface area contributed by atoms with Crippen molar-refractivity contribution in [1.82, 2.24) is 0 Å². The number of benzene rings is 2. The molecule has 0 fully saturated rings. The van der Waals surface area contributed by atoms with Crippen molar-refractivity contribution in [1.29, 1.82) is 0 Å². The second-order valence-corrected chi connectivity index (χ2v) is 5.02. The van der Waals surface area contributed by atoms with Crippen molar-refractivity contribution in [3.63, 3.8) is 0 Å². The maximum absolute atomic E-state index is 13.1. The van der Waals surface area contributed by atoms with Gasteiger partial charge in [-0.05, 0) is 42.7 Å². The highest BCUT2D eigenvalue weighted by Crippen LogP contribution is 2.20. The summed E-state index contributed by atoms with van der Waals surface area (Å²) >= 11 is 5.72. The molecule has 0 aliphatic rings. The summed E-state index contributed by atoms with van der Waals surface area (Å²) < 4.78 is 13.1. The topological polar surface area (TPSA) is 17.1 Å². The van der Waals surface area contributed by atoms with Gasteiger partial charge in [-0.3, -0.25) is 4.79 Å². The van der Waals surface area contributed by atoms with Gasteiger partial charge in [0.25, 0.3) is 0 Å². The quantitative estimate of drug-likeness (QED) is 0.753. The van der Waals surface area contributed by atoms with Gasteiger partial charge in [-0.2, -0.15) is 0 Å². The average Bonchev–Trinajstić information content (AvgIpc) is 2.33. The van der Waals surface area contributed by atoms with Gasteiger partial charge in [0, 0.05) is 12.0 Å². The van der Waals surface area contributed by atoms with Crippen molar-refractivity contribution in [2.75, 3.05) is 0 Å². The SMILES string of the molecule is Cc1cccc(C)c1C(=O)Cc1ccc(F)c(Cl)c1. The summed E-state index contributed by atoms with van der Waals surface area (Å²) in [6.07, 6.45) is 0.228. The highest BCUT2D eigenvalue weighted by molar-refractivity contribution is 6.30. The fourth-order valence-corrected chi connectivity index (χ4v) is 2.38. The van der Waals surface area contributed by atoms with Crippen LogP contribution in [0.15, 0.2) is 36.4 Å². The van der Waals surface area contributed by atoms with Crippen LogP contribution in [-0.2, 0) is 6.42 Å². The molecule has 2 rings (SSSR count). The van der Waals surface area contributed by atoms with E-state index < -0.39 is 5.82 Å². The summed E-state index contributed by atoms with van der Waals surface area (Å²) in [6.45, 7) is 3.83. The molecule has 98 valence electrons. The number of hydrogen-bond donors (Lipinski definition) is 0. The molecule has 0 spiro atoms. The molecule has 0 unspecified atom stereocenters. The molecule has 0 aromatic heterocycles. The maximum Gasteiger partial charge on any atom is 0.167 e. The van der Waals surface area contributed by atoms with Crippen LogP contribution in [0.3, 0.4) is 0 Å². The van der Waals surface area contributed by atoms with Gasteiger partial charge >= 0.3 is 0 Å². The summed E-state index contributed by atoms with van der Waals surface area (Å²) in [4.78, 5) is 12.3. The highest BCUT2D eigenvalue weighted by Gasteiger charge is 2.13. The predicted molar refractivity (Wildman–Crippen MR) is 75.4 cm³/mol. The average molecular weight is 277 g/mol. The largest absolute Gasteiger partial charge is 0.294 e. The zero-order valence-corrected chi connectivity index (χ0v) is 11.6. The van der Waals surface area contributed by atoms with E-state index in [1.807, 2.05) is 32.0 Å². The third kappa shape index (κ3) is 3.02. The smallest absolute Gasteiger partial charge is 0.167 e. The summed E-state index contributed by atoms with van der Waals surface area (Å²) in [7, 11) is 0. The van der Waals surface area contributed by atoms with Crippen molar-refractivity contribution in [3.05, 3.63) is 69.5 Å². The molecule has 0 radical (unpaired) electrons. The van der Waals surface area contributed by atoms with E-state index in [2.05, 4.69) is 0 Å². The van der Waals surface area contributed by atoms with E-state index in [9.17, 15) is 9.18 Å². The maximum atomic E-state index is 13.1. The molecule has 0 aliphatic carbocycles. The van der Waals surface area contributed by atoms with Crippen LogP contribution in [-0.4, -0.2) is 5.78 Å². The fourth-order valence-electron chi connectivity index (χ4n) is 2.18. The molecule has 0 aliphatic heterocycles. The molecule has 1 nitrogen and oxygen atoms in total. The van der Waals surface area contributed by atoms with Crippen molar-refractivity contribution < 1.29 is 9.18 Å². The first-order valence-electron chi connectivity index (χ1n) is 6.02. The Kier molecular flexibility index (Phi) is 4.01. The minimum Gasteiger partial charge on any atom is -0.294 e. The van der Waals surface area contributed by atoms with Gasteiger partial charge in [-0.1, -0.05) is 35.9 Å². The lowest BCUT2D eigenvalue weighted by Crippen LogP contribution is -2.08. The molecule has 0 heterocycles. The lowest BCUT2D eigenvalue weighted by molar-refractivity contribution is 0.0992. The fraction of sp³-hybridized carbons (Fsp3) is 0.188. The summed E-state index contributed by atoms with van der Waals surface area (Å²) in [5, 5.41) is 0.0480. The van der Waals surface area contributed by atoms with Crippen LogP contribution in [0.2, 0.25) is 5.02 Å². The van der Waals surface area contributed by atoms with Crippen molar-refractivity contribution in [3.8, 4) is 0 Å². The number of aryl methyl sites for hydroxylation is 2. The molecule has 19 heavy (non-hydrogen) atoms. The second kappa shape index (κ2) is 5.54. The number of carbonyl (C=O) groups excluding carboxylic acids is 1. The number of halogens is 2. The van der Waals surface area contributed by atoms with E-state index >= 15 is 0 Å². The van der Waals surface area contributed by atoms with Gasteiger partial charge in [0.05, 0.1) is 5.02 Å². The van der Waals surface area contributed by atoms with E-state index in [1.165, 1.54) is 12.1 Å². The van der Waals surface area contributed by atoms with Crippen molar-refractivity contribution in [2.24, 2.45) is 0 Å². The molecular formula is C16H14ClFO. The minimum absolute atomic E-state index is 0.0262. The standard InChI is InChI=1S/C16H14ClFO/c1-10-4-3-5-11(2)16(10)15(19)9-12-6-7-14(18)13(17)8-12/h3-8H,9H2,1-2H3. The molecular weight excluding hydrogens is 263 g/mol. The molecule has 0 saturated heterocycles. The molecule has 2 aromatic rings. The van der Waals surface area contributed by atoms with E-state index in [0.29, 0.717) is 0 Å². The number of hydrogen-bond acceptors (Lipinski definition) is 1. The number of ketones is 1. The van der Waals surface area contributed by atoms with E-state index in [1.54, 1.807) is 6.07 Å². The lowest BCUT2D eigenvalue weighted by Gasteiger charge is -2.09. The van der Waals surface area contributed by atoms with Crippen LogP contribution in [0, 0.1) is 19.7 Å². The Bertz CT molecular complexity index is 614. The monoisotopic (exact) mass is 276 g/mol. The van der Waals surface area contributed by atoms with Crippen molar-refractivity contribution >= 4 is 17.4 Å². The summed E-state index contributed by atoms with van der Waals surface area (Å²) in [6, 6.07) is 10.1. The van der Waals surface area contributed by atoms with Crippen LogP contribution in [0.5, 0.6) is 0 Å². The second-order valence-electron chi connectivity index (χ2n) is 4.62. The third-order valence-electron chi connectivity index (χ3n) is 3.11. The van der Waals surface area contributed by atoms with Gasteiger partial charge in [-0.15, -0.1) is 0 Å². The molecule has 2 aromatic carbocycles. The first-order valence-corrected chi connectivity index (χ1v) is 6.40. The third-order valence-corrected chi connectivity index (χ3v) is 3.40. The highest BCUT2D eigenvalue weighted by atomic mass is 35.5. The zero-order chi connectivity index (χ0) is 14.0. The van der Waals surface area contributed by atoms with Crippen LogP contribution in [0.4, 0.5) is 4.39 Å². The molecule has 0 saturated carbocycles. The van der Waals surface area contributed by atoms with Gasteiger partial charge < -0.3 is 0 Å². The molecule has 0 atom stereocenters. The van der Waals surface area contributed by atoms with E-state index in [-0.39, 0.29) is 17.2 Å². The van der Waals surface area contributed by atoms with Gasteiger partial charge in [-0.25, -0.2) is 4.39 Å². The van der Waals surface area contributed by atoms with E-state index in [0.717, 1.165) is 22.3 Å². The van der Waals surface area contributed by atoms with Gasteiger partial charge in [0.15, 0.2) is 5.78 Å². The van der Waals surface area contributed by atoms with Gasteiger partial charge in [0.1, 0.15) is 5.82 Å². The van der Waals surface area contributed by atoms with Crippen LogP contribution in [0.25, 0.3) is 0 Å². The summed E-state index contributed by atoms with van der Waals surface area (Å²) in [5.41, 5.74) is 3.37. The Hall–Kier alpha value is -1.67. The Morgan fingerprint density at radius 3 is 2.37 bits per heavy atom. The van der Waals surface area contributed by atoms with Crippen molar-refractivity contribution in [2.45, 2.75) is 20.3 Å². The molecule has 0 amide bonds. The molecule has 0 bridgehead atoms. The molecule has 0 N–H and O–H groups in total. The van der Waals surface area contributed by atoms with Gasteiger partial charge in [0.2, 0.25) is 0 Å². The predicted octanol–water partition coefficient (Wildman–Crippen LogP) is 4.52. The van der Waals surface area contributed by atoms with E-state index in [4.69, 9.17) is 11.6 Å². The Morgan fingerprint density at radius 2 is 1.79 bits per heavy atom. The number of carbonyl (C=O) groups is 1. The summed E-state index contributed by atoms with van der Waals surface area (Å²) in [5.74, 6) is -0.441. The zero-order valence-electron chi connectivity index (χ0n) is 10.8. The van der Waals surface area contributed by atoms with Crippen LogP contribution >= 0.6 is 11.6 Å². The minimum atomic E-state index is -0.468. The lowest BCUT2D eigenvalue weighted by atomic mass is 9.95. The van der Waals surface area contributed by atoms with Crippen LogP contribution in [0.1, 0.15) is 27.0 Å². The normalized spacial score (nSPS) is 10.5. The van der Waals surface area contributed by atoms with Crippen LogP contribution < -0.4 is 0 Å². The Balaban J connectivity index is 2.28. The Morgan fingerprint density at radius 1 is 1.16 bits per heavy atom. The number of Topliss-reactive ketones (excluding diaryl/α,β-unsaturated/α-hetero) is 1. The Labute approximate surface area is 117 Å². The number of rotatable bonds is 3.